The fraction of sp³-hybridized carbons (Fsp3) is 0.400. The van der Waals surface area contributed by atoms with E-state index in [1.54, 1.807) is 7.05 Å². The van der Waals surface area contributed by atoms with Crippen molar-refractivity contribution in [2.75, 3.05) is 13.6 Å². The SMILES string of the molecule is CCCCN(C)C(=O)C=Cc1ccc(Cl)c(C(F)(F)F)c1. The molecule has 0 aromatic heterocycles. The summed E-state index contributed by atoms with van der Waals surface area (Å²) in [4.78, 5) is 13.3. The summed E-state index contributed by atoms with van der Waals surface area (Å²) in [6, 6.07) is 3.54. The van der Waals surface area contributed by atoms with E-state index < -0.39 is 11.7 Å². The maximum atomic E-state index is 12.7. The normalized spacial score (nSPS) is 11.9. The highest BCUT2D eigenvalue weighted by Crippen LogP contribution is 2.35. The number of halogens is 4. The smallest absolute Gasteiger partial charge is 0.342 e. The van der Waals surface area contributed by atoms with Gasteiger partial charge in [0.05, 0.1) is 10.6 Å². The van der Waals surface area contributed by atoms with Gasteiger partial charge in [-0.1, -0.05) is 31.0 Å². The first-order valence-electron chi connectivity index (χ1n) is 6.55. The van der Waals surface area contributed by atoms with E-state index in [-0.39, 0.29) is 16.5 Å². The minimum Gasteiger partial charge on any atom is -0.342 e. The van der Waals surface area contributed by atoms with Gasteiger partial charge in [-0.3, -0.25) is 4.79 Å². The average Bonchev–Trinajstić information content (AvgIpc) is 2.42. The minimum absolute atomic E-state index is 0.244. The Morgan fingerprint density at radius 3 is 2.62 bits per heavy atom. The number of nitrogens with zero attached hydrogens (tertiary/aromatic N) is 1. The maximum absolute atomic E-state index is 12.7. The Balaban J connectivity index is 2.84. The highest BCUT2D eigenvalue weighted by atomic mass is 35.5. The van der Waals surface area contributed by atoms with Crippen molar-refractivity contribution in [3.05, 3.63) is 40.4 Å². The lowest BCUT2D eigenvalue weighted by Gasteiger charge is -2.14. The van der Waals surface area contributed by atoms with Crippen LogP contribution in [0.3, 0.4) is 0 Å². The molecular weight excluding hydrogens is 303 g/mol. The molecule has 0 bridgehead atoms. The third kappa shape index (κ3) is 5.42. The van der Waals surface area contributed by atoms with Crippen LogP contribution in [0.4, 0.5) is 13.2 Å². The van der Waals surface area contributed by atoms with Crippen molar-refractivity contribution in [3.8, 4) is 0 Å². The van der Waals surface area contributed by atoms with Gasteiger partial charge in [-0.2, -0.15) is 13.2 Å². The van der Waals surface area contributed by atoms with Crippen LogP contribution in [0.25, 0.3) is 6.08 Å². The third-order valence-corrected chi connectivity index (χ3v) is 3.27. The van der Waals surface area contributed by atoms with Crippen molar-refractivity contribution in [2.45, 2.75) is 25.9 Å². The highest BCUT2D eigenvalue weighted by Gasteiger charge is 2.33. The molecule has 1 amide bonds. The van der Waals surface area contributed by atoms with E-state index >= 15 is 0 Å². The molecule has 2 nitrogen and oxygen atoms in total. The molecular formula is C15H17ClF3NO. The molecule has 0 atom stereocenters. The van der Waals surface area contributed by atoms with E-state index in [1.807, 2.05) is 6.92 Å². The van der Waals surface area contributed by atoms with Crippen molar-refractivity contribution >= 4 is 23.6 Å². The van der Waals surface area contributed by atoms with E-state index in [1.165, 1.54) is 29.2 Å². The summed E-state index contributed by atoms with van der Waals surface area (Å²) in [7, 11) is 1.66. The molecule has 0 spiro atoms. The number of hydrogen-bond acceptors (Lipinski definition) is 1. The summed E-state index contributed by atoms with van der Waals surface area (Å²) < 4.78 is 38.1. The summed E-state index contributed by atoms with van der Waals surface area (Å²) in [5.74, 6) is -0.244. The Bertz CT molecular complexity index is 526. The van der Waals surface area contributed by atoms with Crippen molar-refractivity contribution in [1.82, 2.24) is 4.90 Å². The number of carbonyl (C=O) groups is 1. The molecule has 0 aliphatic carbocycles. The first kappa shape index (κ1) is 17.6. The molecule has 0 heterocycles. The number of alkyl halides is 3. The predicted octanol–water partition coefficient (Wildman–Crippen LogP) is 4.63. The Kier molecular flexibility index (Phi) is 6.27. The van der Waals surface area contributed by atoms with Crippen LogP contribution in [-0.2, 0) is 11.0 Å². The number of unbranched alkanes of at least 4 members (excludes halogenated alkanes) is 1. The van der Waals surface area contributed by atoms with Gasteiger partial charge in [0.15, 0.2) is 0 Å². The molecule has 0 unspecified atom stereocenters. The Morgan fingerprint density at radius 2 is 2.05 bits per heavy atom. The molecule has 0 saturated carbocycles. The number of benzene rings is 1. The van der Waals surface area contributed by atoms with E-state index in [9.17, 15) is 18.0 Å². The number of rotatable bonds is 5. The zero-order chi connectivity index (χ0) is 16.0. The van der Waals surface area contributed by atoms with Gasteiger partial charge in [0.1, 0.15) is 0 Å². The van der Waals surface area contributed by atoms with Gasteiger partial charge < -0.3 is 4.90 Å². The van der Waals surface area contributed by atoms with E-state index in [2.05, 4.69) is 0 Å². The average molecular weight is 320 g/mol. The Morgan fingerprint density at radius 1 is 1.38 bits per heavy atom. The number of likely N-dealkylation sites (N-methyl/N-ethyl adjacent to an activating group) is 1. The van der Waals surface area contributed by atoms with Crippen molar-refractivity contribution in [2.24, 2.45) is 0 Å². The molecule has 0 N–H and O–H groups in total. The fourth-order valence-corrected chi connectivity index (χ4v) is 1.89. The van der Waals surface area contributed by atoms with Crippen LogP contribution in [0.2, 0.25) is 5.02 Å². The highest BCUT2D eigenvalue weighted by molar-refractivity contribution is 6.31. The molecule has 1 aromatic rings. The molecule has 21 heavy (non-hydrogen) atoms. The lowest BCUT2D eigenvalue weighted by Crippen LogP contribution is -2.25. The zero-order valence-corrected chi connectivity index (χ0v) is 12.6. The molecule has 0 aliphatic heterocycles. The van der Waals surface area contributed by atoms with E-state index in [0.29, 0.717) is 6.54 Å². The maximum Gasteiger partial charge on any atom is 0.417 e. The van der Waals surface area contributed by atoms with Gasteiger partial charge in [0.25, 0.3) is 0 Å². The fourth-order valence-electron chi connectivity index (χ4n) is 1.66. The first-order valence-corrected chi connectivity index (χ1v) is 6.93. The summed E-state index contributed by atoms with van der Waals surface area (Å²) in [6.45, 7) is 2.63. The lowest BCUT2D eigenvalue weighted by molar-refractivity contribution is -0.137. The van der Waals surface area contributed by atoms with Crippen LogP contribution < -0.4 is 0 Å². The molecule has 0 aliphatic rings. The van der Waals surface area contributed by atoms with Crippen LogP contribution in [-0.4, -0.2) is 24.4 Å². The summed E-state index contributed by atoms with van der Waals surface area (Å²) in [6.07, 6.45) is -0.0407. The quantitative estimate of drug-likeness (QED) is 0.725. The zero-order valence-electron chi connectivity index (χ0n) is 11.9. The van der Waals surface area contributed by atoms with Crippen LogP contribution in [0.5, 0.6) is 0 Å². The Labute approximate surface area is 127 Å². The van der Waals surface area contributed by atoms with Gasteiger partial charge in [-0.15, -0.1) is 0 Å². The van der Waals surface area contributed by atoms with Crippen molar-refractivity contribution in [1.29, 1.82) is 0 Å². The van der Waals surface area contributed by atoms with Crippen LogP contribution in [0, 0.1) is 0 Å². The predicted molar refractivity (Wildman–Crippen MR) is 78.0 cm³/mol. The lowest BCUT2D eigenvalue weighted by atomic mass is 10.1. The second-order valence-corrected chi connectivity index (χ2v) is 5.09. The molecule has 1 aromatic carbocycles. The number of amides is 1. The van der Waals surface area contributed by atoms with Gasteiger partial charge in [-0.05, 0) is 30.2 Å². The van der Waals surface area contributed by atoms with Crippen LogP contribution in [0.15, 0.2) is 24.3 Å². The summed E-state index contributed by atoms with van der Waals surface area (Å²) >= 11 is 5.53. The van der Waals surface area contributed by atoms with Crippen molar-refractivity contribution < 1.29 is 18.0 Å². The van der Waals surface area contributed by atoms with Gasteiger partial charge in [0, 0.05) is 19.7 Å². The molecule has 0 fully saturated rings. The van der Waals surface area contributed by atoms with Gasteiger partial charge >= 0.3 is 6.18 Å². The molecule has 6 heteroatoms. The standard InChI is InChI=1S/C15H17ClF3NO/c1-3-4-9-20(2)14(21)8-6-11-5-7-13(16)12(10-11)15(17,18)19/h5-8,10H,3-4,9H2,1-2H3. The summed E-state index contributed by atoms with van der Waals surface area (Å²) in [5, 5.41) is -0.356. The number of carbonyl (C=O) groups excluding carboxylic acids is 1. The second-order valence-electron chi connectivity index (χ2n) is 4.68. The molecule has 0 radical (unpaired) electrons. The number of hydrogen-bond donors (Lipinski definition) is 0. The van der Waals surface area contributed by atoms with Gasteiger partial charge in [-0.25, -0.2) is 0 Å². The van der Waals surface area contributed by atoms with Crippen molar-refractivity contribution in [3.63, 3.8) is 0 Å². The molecule has 1 rings (SSSR count). The molecule has 116 valence electrons. The Hall–Kier alpha value is -1.49. The second kappa shape index (κ2) is 7.50. The van der Waals surface area contributed by atoms with E-state index in [0.717, 1.165) is 18.9 Å². The largest absolute Gasteiger partial charge is 0.417 e. The first-order chi connectivity index (χ1) is 9.75. The summed E-state index contributed by atoms with van der Waals surface area (Å²) in [5.41, 5.74) is -0.623. The third-order valence-electron chi connectivity index (χ3n) is 2.94. The topological polar surface area (TPSA) is 20.3 Å². The minimum atomic E-state index is -4.51. The van der Waals surface area contributed by atoms with Gasteiger partial charge in [0.2, 0.25) is 5.91 Å². The van der Waals surface area contributed by atoms with Crippen LogP contribution >= 0.6 is 11.6 Å². The molecule has 0 saturated heterocycles. The van der Waals surface area contributed by atoms with E-state index in [4.69, 9.17) is 11.6 Å². The monoisotopic (exact) mass is 319 g/mol. The van der Waals surface area contributed by atoms with Crippen LogP contribution in [0.1, 0.15) is 30.9 Å².